The molecule has 0 amide bonds. The fraction of sp³-hybridized carbons (Fsp3) is 0.926. The van der Waals surface area contributed by atoms with E-state index >= 15 is 0 Å². The minimum absolute atomic E-state index is 0.0527. The molecule has 28 heavy (non-hydrogen) atoms. The molecule has 0 saturated heterocycles. The second-order valence-electron chi connectivity index (χ2n) is 12.2. The van der Waals surface area contributed by atoms with Crippen LogP contribution in [-0.4, -0.2) is 11.2 Å². The molecule has 4 aliphatic rings. The summed E-state index contributed by atoms with van der Waals surface area (Å²) in [5.41, 5.74) is 0.780. The Kier molecular flexibility index (Phi) is 5.80. The zero-order valence-corrected chi connectivity index (χ0v) is 19.3. The van der Waals surface area contributed by atoms with Crippen molar-refractivity contribution in [3.05, 3.63) is 12.2 Å². The van der Waals surface area contributed by atoms with Crippen LogP contribution in [0.15, 0.2) is 12.2 Å². The molecule has 1 N–H and O–H groups in total. The van der Waals surface area contributed by atoms with Crippen molar-refractivity contribution in [2.24, 2.45) is 52.3 Å². The summed E-state index contributed by atoms with van der Waals surface area (Å²) in [7, 11) is 0. The molecule has 1 heteroatoms. The molecule has 0 radical (unpaired) electrons. The molecular weight excluding hydrogens is 340 g/mol. The Labute approximate surface area is 174 Å². The van der Waals surface area contributed by atoms with Gasteiger partial charge in [0, 0.05) is 0 Å². The van der Waals surface area contributed by atoms with Crippen LogP contribution in [-0.2, 0) is 0 Å². The van der Waals surface area contributed by atoms with E-state index in [0.29, 0.717) is 16.7 Å². The normalized spacial score (nSPS) is 48.8. The van der Waals surface area contributed by atoms with Crippen LogP contribution in [0.5, 0.6) is 0 Å². The van der Waals surface area contributed by atoms with E-state index in [1.807, 2.05) is 0 Å². The lowest BCUT2D eigenvalue weighted by atomic mass is 9.45. The summed E-state index contributed by atoms with van der Waals surface area (Å²) in [5, 5.41) is 11.3. The van der Waals surface area contributed by atoms with E-state index in [-0.39, 0.29) is 6.10 Å². The van der Waals surface area contributed by atoms with Crippen LogP contribution in [0.4, 0.5) is 0 Å². The Hall–Kier alpha value is -0.300. The fourth-order valence-corrected chi connectivity index (χ4v) is 8.86. The van der Waals surface area contributed by atoms with E-state index in [1.165, 1.54) is 57.8 Å². The molecule has 9 atom stereocenters. The number of hydrogen-bond acceptors (Lipinski definition) is 1. The summed E-state index contributed by atoms with van der Waals surface area (Å²) in [6, 6.07) is 0. The summed E-state index contributed by atoms with van der Waals surface area (Å²) in [5.74, 6) is 5.33. The standard InChI is InChI=1S/C27H46O/c1-18(2)9-8-10-19(3)23-17-24(28)25-21-13-12-20-11-6-7-15-26(20,4)22(21)14-16-27(23,25)5/h7,15,18-25,28H,6,8-14,16-17H2,1-5H3/t19-,20?,21-,22+,23-,24-,25-,26+,27-/m1/s1. The zero-order chi connectivity index (χ0) is 20.1. The van der Waals surface area contributed by atoms with Gasteiger partial charge >= 0.3 is 0 Å². The van der Waals surface area contributed by atoms with Gasteiger partial charge in [-0.3, -0.25) is 0 Å². The van der Waals surface area contributed by atoms with Gasteiger partial charge in [0.2, 0.25) is 0 Å². The van der Waals surface area contributed by atoms with Crippen LogP contribution < -0.4 is 0 Å². The third kappa shape index (κ3) is 3.32. The maximum atomic E-state index is 11.3. The molecule has 0 spiro atoms. The van der Waals surface area contributed by atoms with Gasteiger partial charge in [-0.2, -0.15) is 0 Å². The second kappa shape index (κ2) is 7.75. The van der Waals surface area contributed by atoms with Gasteiger partial charge in [-0.1, -0.05) is 66.0 Å². The highest BCUT2D eigenvalue weighted by Crippen LogP contribution is 2.67. The maximum absolute atomic E-state index is 11.3. The molecule has 3 fully saturated rings. The molecule has 160 valence electrons. The number of aliphatic hydroxyl groups excluding tert-OH is 1. The average Bonchev–Trinajstić information content (AvgIpc) is 2.92. The molecule has 0 aromatic rings. The van der Waals surface area contributed by atoms with Crippen LogP contribution >= 0.6 is 0 Å². The minimum atomic E-state index is -0.0527. The van der Waals surface area contributed by atoms with Crippen LogP contribution in [0.1, 0.15) is 98.8 Å². The van der Waals surface area contributed by atoms with E-state index in [0.717, 1.165) is 41.9 Å². The fourth-order valence-electron chi connectivity index (χ4n) is 8.86. The van der Waals surface area contributed by atoms with E-state index in [2.05, 4.69) is 46.8 Å². The molecule has 4 aliphatic carbocycles. The quantitative estimate of drug-likeness (QED) is 0.493. The van der Waals surface area contributed by atoms with Crippen molar-refractivity contribution in [2.75, 3.05) is 0 Å². The third-order valence-electron chi connectivity index (χ3n) is 10.3. The molecule has 0 aliphatic heterocycles. The summed E-state index contributed by atoms with van der Waals surface area (Å²) in [6.07, 6.45) is 18.4. The lowest BCUT2D eigenvalue weighted by Gasteiger charge is -2.59. The lowest BCUT2D eigenvalue weighted by Crippen LogP contribution is -2.53. The topological polar surface area (TPSA) is 20.2 Å². The highest BCUT2D eigenvalue weighted by molar-refractivity contribution is 5.16. The monoisotopic (exact) mass is 386 g/mol. The van der Waals surface area contributed by atoms with Gasteiger partial charge in [-0.15, -0.1) is 0 Å². The molecule has 1 unspecified atom stereocenters. The summed E-state index contributed by atoms with van der Waals surface area (Å²) in [4.78, 5) is 0. The van der Waals surface area contributed by atoms with Gasteiger partial charge in [0.25, 0.3) is 0 Å². The smallest absolute Gasteiger partial charge is 0.0579 e. The van der Waals surface area contributed by atoms with Crippen LogP contribution in [0.3, 0.4) is 0 Å². The first kappa shape index (κ1) is 21.0. The van der Waals surface area contributed by atoms with Crippen molar-refractivity contribution < 1.29 is 5.11 Å². The summed E-state index contributed by atoms with van der Waals surface area (Å²) in [6.45, 7) is 12.3. The number of rotatable bonds is 5. The van der Waals surface area contributed by atoms with Gasteiger partial charge in [0.05, 0.1) is 6.10 Å². The van der Waals surface area contributed by atoms with Crippen molar-refractivity contribution in [2.45, 2.75) is 105 Å². The highest BCUT2D eigenvalue weighted by Gasteiger charge is 2.62. The molecule has 1 nitrogen and oxygen atoms in total. The van der Waals surface area contributed by atoms with Gasteiger partial charge in [-0.05, 0) is 97.2 Å². The molecule has 0 aromatic carbocycles. The van der Waals surface area contributed by atoms with E-state index in [9.17, 15) is 5.11 Å². The number of fused-ring (bicyclic) bond motifs is 5. The molecule has 4 rings (SSSR count). The zero-order valence-electron chi connectivity index (χ0n) is 19.3. The Morgan fingerprint density at radius 3 is 2.57 bits per heavy atom. The number of aliphatic hydroxyl groups is 1. The predicted molar refractivity (Wildman–Crippen MR) is 119 cm³/mol. The van der Waals surface area contributed by atoms with Gasteiger partial charge in [-0.25, -0.2) is 0 Å². The third-order valence-corrected chi connectivity index (χ3v) is 10.3. The van der Waals surface area contributed by atoms with Crippen LogP contribution in [0.2, 0.25) is 0 Å². The Bertz CT molecular complexity index is 579. The summed E-state index contributed by atoms with van der Waals surface area (Å²) >= 11 is 0. The summed E-state index contributed by atoms with van der Waals surface area (Å²) < 4.78 is 0. The van der Waals surface area contributed by atoms with Crippen LogP contribution in [0, 0.1) is 52.3 Å². The molecule has 0 heterocycles. The number of allylic oxidation sites excluding steroid dienone is 2. The van der Waals surface area contributed by atoms with Crippen LogP contribution in [0.25, 0.3) is 0 Å². The largest absolute Gasteiger partial charge is 0.393 e. The first-order chi connectivity index (χ1) is 13.3. The SMILES string of the molecule is CC(C)CCC[C@@H](C)[C@H]1C[C@@H](O)[C@H]2[C@@H]3CCC4CCC=C[C@]4(C)[C@H]3CC[C@@]21C. The predicted octanol–water partition coefficient (Wildman–Crippen LogP) is 7.24. The van der Waals surface area contributed by atoms with E-state index < -0.39 is 0 Å². The van der Waals surface area contributed by atoms with Gasteiger partial charge < -0.3 is 5.11 Å². The first-order valence-electron chi connectivity index (χ1n) is 12.6. The Morgan fingerprint density at radius 1 is 1.04 bits per heavy atom. The first-order valence-corrected chi connectivity index (χ1v) is 12.6. The van der Waals surface area contributed by atoms with Gasteiger partial charge in [0.15, 0.2) is 0 Å². The minimum Gasteiger partial charge on any atom is -0.393 e. The molecule has 3 saturated carbocycles. The molecule has 0 bridgehead atoms. The highest BCUT2D eigenvalue weighted by atomic mass is 16.3. The van der Waals surface area contributed by atoms with Crippen molar-refractivity contribution in [1.29, 1.82) is 0 Å². The molecular formula is C27H46O. The Morgan fingerprint density at radius 2 is 1.82 bits per heavy atom. The average molecular weight is 387 g/mol. The van der Waals surface area contributed by atoms with Crippen molar-refractivity contribution in [3.8, 4) is 0 Å². The lowest BCUT2D eigenvalue weighted by molar-refractivity contribution is -0.106. The van der Waals surface area contributed by atoms with E-state index in [4.69, 9.17) is 0 Å². The maximum Gasteiger partial charge on any atom is 0.0579 e. The second-order valence-corrected chi connectivity index (χ2v) is 12.2. The van der Waals surface area contributed by atoms with Crippen molar-refractivity contribution in [1.82, 2.24) is 0 Å². The molecule has 0 aromatic heterocycles. The van der Waals surface area contributed by atoms with Gasteiger partial charge in [0.1, 0.15) is 0 Å². The van der Waals surface area contributed by atoms with Crippen molar-refractivity contribution >= 4 is 0 Å². The number of hydrogen-bond donors (Lipinski definition) is 1. The Balaban J connectivity index is 1.53. The van der Waals surface area contributed by atoms with E-state index in [1.54, 1.807) is 0 Å². The van der Waals surface area contributed by atoms with Crippen molar-refractivity contribution in [3.63, 3.8) is 0 Å².